The summed E-state index contributed by atoms with van der Waals surface area (Å²) >= 11 is 0. The number of fused-ring (bicyclic) bond motifs is 2. The number of ether oxygens (including phenoxy) is 2. The van der Waals surface area contributed by atoms with Gasteiger partial charge in [0.2, 0.25) is 0 Å². The summed E-state index contributed by atoms with van der Waals surface area (Å²) in [5.74, 6) is 1.66. The zero-order valence-corrected chi connectivity index (χ0v) is 13.9. The van der Waals surface area contributed by atoms with Crippen molar-refractivity contribution in [2.75, 3.05) is 5.32 Å². The minimum atomic E-state index is -0.523. The second-order valence-electron chi connectivity index (χ2n) is 6.84. The summed E-state index contributed by atoms with van der Waals surface area (Å²) in [5, 5.41) is 2.74. The minimum absolute atomic E-state index is 0.468. The van der Waals surface area contributed by atoms with E-state index in [1.807, 2.05) is 52.0 Å². The van der Waals surface area contributed by atoms with Crippen molar-refractivity contribution < 1.29 is 14.3 Å². The molecule has 120 valence electrons. The first-order chi connectivity index (χ1) is 10.8. The van der Waals surface area contributed by atoms with Crippen molar-refractivity contribution in [2.24, 2.45) is 0 Å². The monoisotopic (exact) mass is 311 g/mol. The third kappa shape index (κ3) is 3.65. The van der Waals surface area contributed by atoms with E-state index in [-0.39, 0.29) is 0 Å². The van der Waals surface area contributed by atoms with Crippen molar-refractivity contribution in [2.45, 2.75) is 39.7 Å². The molecule has 0 spiro atoms. The summed E-state index contributed by atoms with van der Waals surface area (Å²) in [4.78, 5) is 11.9. The summed E-state index contributed by atoms with van der Waals surface area (Å²) in [6, 6.07) is 11.9. The lowest BCUT2D eigenvalue weighted by Crippen LogP contribution is -2.27. The fraction of sp³-hybridized carbons (Fsp3) is 0.316. The van der Waals surface area contributed by atoms with Crippen LogP contribution < -0.4 is 10.1 Å². The highest BCUT2D eigenvalue weighted by molar-refractivity contribution is 5.85. The molecule has 0 aromatic heterocycles. The number of anilines is 1. The van der Waals surface area contributed by atoms with Crippen LogP contribution in [0, 0.1) is 6.92 Å². The molecule has 1 aliphatic rings. The van der Waals surface area contributed by atoms with Crippen molar-refractivity contribution in [1.29, 1.82) is 0 Å². The number of hydrogen-bond donors (Lipinski definition) is 1. The van der Waals surface area contributed by atoms with E-state index >= 15 is 0 Å². The zero-order chi connectivity index (χ0) is 16.6. The molecule has 0 atom stereocenters. The van der Waals surface area contributed by atoms with Crippen molar-refractivity contribution in [3.63, 3.8) is 0 Å². The second kappa shape index (κ2) is 5.61. The standard InChI is InChI=1S/C19H21NO3/c1-12-5-6-13-10-14-7-8-15(11-17(14)22-16(13)9-12)20-18(21)23-19(2,3)4/h5-9,11H,10H2,1-4H3,(H,20,21). The maximum Gasteiger partial charge on any atom is 0.412 e. The molecule has 0 saturated carbocycles. The van der Waals surface area contributed by atoms with E-state index in [9.17, 15) is 4.79 Å². The fourth-order valence-electron chi connectivity index (χ4n) is 2.52. The van der Waals surface area contributed by atoms with E-state index in [1.165, 1.54) is 5.56 Å². The minimum Gasteiger partial charge on any atom is -0.457 e. The van der Waals surface area contributed by atoms with Crippen LogP contribution in [-0.2, 0) is 11.2 Å². The third-order valence-corrected chi connectivity index (χ3v) is 3.54. The van der Waals surface area contributed by atoms with Crippen LogP contribution in [-0.4, -0.2) is 11.7 Å². The topological polar surface area (TPSA) is 47.6 Å². The molecule has 4 nitrogen and oxygen atoms in total. The first kappa shape index (κ1) is 15.4. The van der Waals surface area contributed by atoms with Crippen LogP contribution >= 0.6 is 0 Å². The lowest BCUT2D eigenvalue weighted by molar-refractivity contribution is 0.0636. The molecular formula is C19H21NO3. The molecule has 1 aliphatic heterocycles. The molecule has 3 rings (SSSR count). The van der Waals surface area contributed by atoms with Crippen molar-refractivity contribution >= 4 is 11.8 Å². The summed E-state index contributed by atoms with van der Waals surface area (Å²) in [7, 11) is 0. The molecule has 23 heavy (non-hydrogen) atoms. The SMILES string of the molecule is Cc1ccc2c(c1)Oc1cc(NC(=O)OC(C)(C)C)ccc1C2. The van der Waals surface area contributed by atoms with Gasteiger partial charge >= 0.3 is 6.09 Å². The molecular weight excluding hydrogens is 290 g/mol. The van der Waals surface area contributed by atoms with E-state index in [2.05, 4.69) is 17.4 Å². The van der Waals surface area contributed by atoms with Gasteiger partial charge in [-0.15, -0.1) is 0 Å². The van der Waals surface area contributed by atoms with Crippen molar-refractivity contribution in [1.82, 2.24) is 0 Å². The van der Waals surface area contributed by atoms with Crippen LogP contribution in [0.25, 0.3) is 0 Å². The average molecular weight is 311 g/mol. The molecule has 0 fully saturated rings. The van der Waals surface area contributed by atoms with E-state index in [1.54, 1.807) is 0 Å². The number of carbonyl (C=O) groups excluding carboxylic acids is 1. The summed E-state index contributed by atoms with van der Waals surface area (Å²) in [6.07, 6.45) is 0.363. The smallest absolute Gasteiger partial charge is 0.412 e. The van der Waals surface area contributed by atoms with Gasteiger partial charge in [-0.1, -0.05) is 18.2 Å². The molecule has 0 unspecified atom stereocenters. The van der Waals surface area contributed by atoms with Crippen molar-refractivity contribution in [3.8, 4) is 11.5 Å². The Morgan fingerprint density at radius 1 is 1.09 bits per heavy atom. The van der Waals surface area contributed by atoms with Gasteiger partial charge in [-0.25, -0.2) is 4.79 Å². The van der Waals surface area contributed by atoms with Gasteiger partial charge < -0.3 is 9.47 Å². The Kier molecular flexibility index (Phi) is 3.76. The lowest BCUT2D eigenvalue weighted by Gasteiger charge is -2.22. The van der Waals surface area contributed by atoms with Gasteiger partial charge in [0.25, 0.3) is 0 Å². The van der Waals surface area contributed by atoms with Gasteiger partial charge in [0.05, 0.1) is 0 Å². The van der Waals surface area contributed by atoms with Crippen LogP contribution in [0.4, 0.5) is 10.5 Å². The fourth-order valence-corrected chi connectivity index (χ4v) is 2.52. The molecule has 0 bridgehead atoms. The Balaban J connectivity index is 1.79. The van der Waals surface area contributed by atoms with E-state index < -0.39 is 11.7 Å². The van der Waals surface area contributed by atoms with Gasteiger partial charge in [-0.05, 0) is 56.5 Å². The zero-order valence-electron chi connectivity index (χ0n) is 13.9. The van der Waals surface area contributed by atoms with Crippen LogP contribution in [0.2, 0.25) is 0 Å². The van der Waals surface area contributed by atoms with Crippen LogP contribution in [0.5, 0.6) is 11.5 Å². The van der Waals surface area contributed by atoms with Crippen molar-refractivity contribution in [3.05, 3.63) is 53.1 Å². The number of amides is 1. The molecule has 0 saturated heterocycles. The maximum atomic E-state index is 11.9. The van der Waals surface area contributed by atoms with Gasteiger partial charge in [0, 0.05) is 18.2 Å². The number of benzene rings is 2. The molecule has 0 radical (unpaired) electrons. The number of nitrogens with one attached hydrogen (secondary N) is 1. The first-order valence-corrected chi connectivity index (χ1v) is 7.70. The summed E-state index contributed by atoms with van der Waals surface area (Å²) < 4.78 is 11.3. The highest BCUT2D eigenvalue weighted by Gasteiger charge is 2.19. The summed E-state index contributed by atoms with van der Waals surface area (Å²) in [5.41, 5.74) is 3.59. The second-order valence-corrected chi connectivity index (χ2v) is 6.84. The van der Waals surface area contributed by atoms with Gasteiger partial charge in [0.1, 0.15) is 17.1 Å². The van der Waals surface area contributed by atoms with Gasteiger partial charge in [-0.2, -0.15) is 0 Å². The molecule has 2 aromatic rings. The quantitative estimate of drug-likeness (QED) is 0.685. The molecule has 0 aliphatic carbocycles. The molecule has 1 amide bonds. The Morgan fingerprint density at radius 2 is 1.74 bits per heavy atom. The third-order valence-electron chi connectivity index (χ3n) is 3.54. The van der Waals surface area contributed by atoms with Crippen LogP contribution in [0.15, 0.2) is 36.4 Å². The lowest BCUT2D eigenvalue weighted by atomic mass is 9.99. The number of hydrogen-bond acceptors (Lipinski definition) is 3. The maximum absolute atomic E-state index is 11.9. The molecule has 4 heteroatoms. The molecule has 2 aromatic carbocycles. The van der Waals surface area contributed by atoms with Gasteiger partial charge in [-0.3, -0.25) is 5.32 Å². The first-order valence-electron chi connectivity index (χ1n) is 7.70. The van der Waals surface area contributed by atoms with Gasteiger partial charge in [0.15, 0.2) is 0 Å². The predicted molar refractivity (Wildman–Crippen MR) is 90.4 cm³/mol. The van der Waals surface area contributed by atoms with Crippen LogP contribution in [0.1, 0.15) is 37.5 Å². The Labute approximate surface area is 136 Å². The highest BCUT2D eigenvalue weighted by atomic mass is 16.6. The van der Waals surface area contributed by atoms with E-state index in [0.717, 1.165) is 29.0 Å². The Morgan fingerprint density at radius 3 is 2.43 bits per heavy atom. The van der Waals surface area contributed by atoms with Crippen LogP contribution in [0.3, 0.4) is 0 Å². The van der Waals surface area contributed by atoms with E-state index in [4.69, 9.17) is 9.47 Å². The number of aryl methyl sites for hydroxylation is 1. The average Bonchev–Trinajstić information content (AvgIpc) is 2.43. The summed E-state index contributed by atoms with van der Waals surface area (Å²) in [6.45, 7) is 7.55. The predicted octanol–water partition coefficient (Wildman–Crippen LogP) is 5.04. The number of rotatable bonds is 1. The normalized spacial score (nSPS) is 12.7. The molecule has 1 N–H and O–H groups in total. The van der Waals surface area contributed by atoms with E-state index in [0.29, 0.717) is 5.69 Å². The highest BCUT2D eigenvalue weighted by Crippen LogP contribution is 2.38. The Hall–Kier alpha value is -2.49. The largest absolute Gasteiger partial charge is 0.457 e. The number of carbonyl (C=O) groups is 1. The molecule has 1 heterocycles. The Bertz CT molecular complexity index is 760.